The summed E-state index contributed by atoms with van der Waals surface area (Å²) in [5.41, 5.74) is 2.22. The molecule has 0 saturated heterocycles. The molecular weight excluding hydrogens is 260 g/mol. The summed E-state index contributed by atoms with van der Waals surface area (Å²) < 4.78 is 0. The first-order valence-electron chi connectivity index (χ1n) is 6.93. The molecule has 0 aromatic heterocycles. The third kappa shape index (κ3) is 5.81. The molecule has 108 valence electrons. The van der Waals surface area contributed by atoms with Crippen molar-refractivity contribution in [3.05, 3.63) is 28.8 Å². The average molecular weight is 285 g/mol. The Bertz CT molecular complexity index is 382. The molecule has 1 unspecified atom stereocenters. The van der Waals surface area contributed by atoms with Gasteiger partial charge in [-0.05, 0) is 44.0 Å². The predicted molar refractivity (Wildman–Crippen MR) is 83.0 cm³/mol. The number of rotatable bonds is 8. The Morgan fingerprint density at radius 1 is 1.42 bits per heavy atom. The Hall–Kier alpha value is -0.770. The zero-order valence-corrected chi connectivity index (χ0v) is 12.9. The summed E-state index contributed by atoms with van der Waals surface area (Å²) in [5, 5.41) is 13.5. The molecule has 0 bridgehead atoms. The minimum absolute atomic E-state index is 0.268. The molecule has 0 saturated carbocycles. The Balaban J connectivity index is 2.59. The fourth-order valence-corrected chi connectivity index (χ4v) is 2.07. The molecule has 0 heterocycles. The first kappa shape index (κ1) is 16.3. The number of aliphatic hydroxyl groups is 1. The number of benzene rings is 1. The van der Waals surface area contributed by atoms with Gasteiger partial charge in [0.05, 0.1) is 6.10 Å². The normalized spacial score (nSPS) is 12.5. The lowest BCUT2D eigenvalue weighted by atomic mass is 10.2. The van der Waals surface area contributed by atoms with Crippen molar-refractivity contribution < 1.29 is 5.11 Å². The molecule has 19 heavy (non-hydrogen) atoms. The Labute approximate surface area is 121 Å². The van der Waals surface area contributed by atoms with Crippen molar-refractivity contribution in [3.8, 4) is 0 Å². The molecule has 1 rings (SSSR count). The van der Waals surface area contributed by atoms with Gasteiger partial charge in [0.25, 0.3) is 0 Å². The van der Waals surface area contributed by atoms with E-state index in [0.717, 1.165) is 48.7 Å². The van der Waals surface area contributed by atoms with E-state index in [0.29, 0.717) is 0 Å². The molecule has 0 aliphatic rings. The van der Waals surface area contributed by atoms with E-state index in [-0.39, 0.29) is 6.10 Å². The van der Waals surface area contributed by atoms with Gasteiger partial charge in [0.2, 0.25) is 0 Å². The van der Waals surface area contributed by atoms with Crippen LogP contribution >= 0.6 is 11.6 Å². The van der Waals surface area contributed by atoms with E-state index in [1.165, 1.54) is 0 Å². The van der Waals surface area contributed by atoms with Crippen LogP contribution in [0.15, 0.2) is 18.2 Å². The van der Waals surface area contributed by atoms with Crippen LogP contribution in [0, 0.1) is 0 Å². The van der Waals surface area contributed by atoms with Crippen molar-refractivity contribution in [1.29, 1.82) is 0 Å². The summed E-state index contributed by atoms with van der Waals surface area (Å²) in [6, 6.07) is 6.14. The Morgan fingerprint density at radius 2 is 2.16 bits per heavy atom. The van der Waals surface area contributed by atoms with Gasteiger partial charge in [0.15, 0.2) is 0 Å². The lowest BCUT2D eigenvalue weighted by Crippen LogP contribution is -2.22. The fraction of sp³-hybridized carbons (Fsp3) is 0.600. The van der Waals surface area contributed by atoms with E-state index >= 15 is 0 Å². The van der Waals surface area contributed by atoms with Gasteiger partial charge in [0, 0.05) is 30.8 Å². The maximum atomic E-state index is 9.31. The van der Waals surface area contributed by atoms with E-state index in [2.05, 4.69) is 29.3 Å². The molecule has 4 heteroatoms. The average Bonchev–Trinajstić information content (AvgIpc) is 2.38. The summed E-state index contributed by atoms with van der Waals surface area (Å²) in [6.07, 6.45) is 1.61. The van der Waals surface area contributed by atoms with Crippen LogP contribution in [0.3, 0.4) is 0 Å². The topological polar surface area (TPSA) is 35.5 Å². The highest BCUT2D eigenvalue weighted by molar-refractivity contribution is 6.31. The largest absolute Gasteiger partial charge is 0.393 e. The standard InChI is InChI=1S/C15H25ClN2O/c1-4-8-17-11-13-5-6-14(10-15(13)16)18(3)9-7-12(2)19/h5-6,10,12,17,19H,4,7-9,11H2,1-3H3. The quantitative estimate of drug-likeness (QED) is 0.720. The molecule has 3 nitrogen and oxygen atoms in total. The molecule has 0 spiro atoms. The van der Waals surface area contributed by atoms with Crippen LogP contribution in [-0.2, 0) is 6.54 Å². The van der Waals surface area contributed by atoms with Crippen LogP contribution in [0.4, 0.5) is 5.69 Å². The van der Waals surface area contributed by atoms with E-state index in [9.17, 15) is 5.11 Å². The van der Waals surface area contributed by atoms with Crippen molar-refractivity contribution >= 4 is 17.3 Å². The molecule has 0 aliphatic heterocycles. The van der Waals surface area contributed by atoms with Crippen LogP contribution in [0.1, 0.15) is 32.3 Å². The maximum Gasteiger partial charge on any atom is 0.0528 e. The molecule has 0 aliphatic carbocycles. The first-order chi connectivity index (χ1) is 9.04. The van der Waals surface area contributed by atoms with Gasteiger partial charge in [-0.1, -0.05) is 24.6 Å². The Kier molecular flexibility index (Phi) is 7.21. The number of hydrogen-bond acceptors (Lipinski definition) is 3. The predicted octanol–water partition coefficient (Wildman–Crippen LogP) is 3.05. The van der Waals surface area contributed by atoms with Crippen LogP contribution in [0.5, 0.6) is 0 Å². The number of anilines is 1. The minimum atomic E-state index is -0.268. The molecule has 1 aromatic carbocycles. The minimum Gasteiger partial charge on any atom is -0.393 e. The highest BCUT2D eigenvalue weighted by Crippen LogP contribution is 2.23. The van der Waals surface area contributed by atoms with Crippen LogP contribution < -0.4 is 10.2 Å². The summed E-state index contributed by atoms with van der Waals surface area (Å²) in [7, 11) is 2.02. The first-order valence-corrected chi connectivity index (χ1v) is 7.30. The lowest BCUT2D eigenvalue weighted by Gasteiger charge is -2.21. The van der Waals surface area contributed by atoms with Crippen LogP contribution in [-0.4, -0.2) is 31.3 Å². The van der Waals surface area contributed by atoms with Crippen molar-refractivity contribution in [1.82, 2.24) is 5.32 Å². The summed E-state index contributed by atoms with van der Waals surface area (Å²) in [6.45, 7) is 6.59. The van der Waals surface area contributed by atoms with E-state index in [1.54, 1.807) is 0 Å². The molecule has 1 aromatic rings. The molecule has 1 atom stereocenters. The van der Waals surface area contributed by atoms with Gasteiger partial charge in [-0.15, -0.1) is 0 Å². The number of aliphatic hydroxyl groups excluding tert-OH is 1. The molecular formula is C15H25ClN2O. The third-order valence-corrected chi connectivity index (χ3v) is 3.45. The van der Waals surface area contributed by atoms with Crippen molar-refractivity contribution in [3.63, 3.8) is 0 Å². The fourth-order valence-electron chi connectivity index (χ4n) is 1.83. The SMILES string of the molecule is CCCNCc1ccc(N(C)CCC(C)O)cc1Cl. The van der Waals surface area contributed by atoms with Gasteiger partial charge >= 0.3 is 0 Å². The highest BCUT2D eigenvalue weighted by atomic mass is 35.5. The van der Waals surface area contributed by atoms with Crippen LogP contribution in [0.25, 0.3) is 0 Å². The molecule has 0 fully saturated rings. The summed E-state index contributed by atoms with van der Waals surface area (Å²) in [4.78, 5) is 2.11. The van der Waals surface area contributed by atoms with E-state index in [4.69, 9.17) is 11.6 Å². The monoisotopic (exact) mass is 284 g/mol. The van der Waals surface area contributed by atoms with Crippen molar-refractivity contribution in [2.45, 2.75) is 39.3 Å². The second-order valence-corrected chi connectivity index (χ2v) is 5.42. The molecule has 2 N–H and O–H groups in total. The van der Waals surface area contributed by atoms with Gasteiger partial charge in [-0.25, -0.2) is 0 Å². The smallest absolute Gasteiger partial charge is 0.0528 e. The molecule has 0 amide bonds. The second-order valence-electron chi connectivity index (χ2n) is 5.01. The van der Waals surface area contributed by atoms with Gasteiger partial charge in [-0.3, -0.25) is 0 Å². The van der Waals surface area contributed by atoms with Crippen molar-refractivity contribution in [2.75, 3.05) is 25.0 Å². The third-order valence-electron chi connectivity index (χ3n) is 3.10. The number of nitrogens with one attached hydrogen (secondary N) is 1. The summed E-state index contributed by atoms with van der Waals surface area (Å²) >= 11 is 6.30. The van der Waals surface area contributed by atoms with Crippen LogP contribution in [0.2, 0.25) is 5.02 Å². The summed E-state index contributed by atoms with van der Waals surface area (Å²) in [5.74, 6) is 0. The number of halogens is 1. The zero-order chi connectivity index (χ0) is 14.3. The van der Waals surface area contributed by atoms with Gasteiger partial charge in [0.1, 0.15) is 0 Å². The highest BCUT2D eigenvalue weighted by Gasteiger charge is 2.06. The van der Waals surface area contributed by atoms with E-state index < -0.39 is 0 Å². The van der Waals surface area contributed by atoms with Crippen molar-refractivity contribution in [2.24, 2.45) is 0 Å². The lowest BCUT2D eigenvalue weighted by molar-refractivity contribution is 0.187. The Morgan fingerprint density at radius 3 is 2.74 bits per heavy atom. The zero-order valence-electron chi connectivity index (χ0n) is 12.1. The van der Waals surface area contributed by atoms with E-state index in [1.807, 2.05) is 20.0 Å². The maximum absolute atomic E-state index is 9.31. The number of nitrogens with zero attached hydrogens (tertiary/aromatic N) is 1. The second kappa shape index (κ2) is 8.41. The molecule has 0 radical (unpaired) electrons. The number of hydrogen-bond donors (Lipinski definition) is 2. The van der Waals surface area contributed by atoms with Gasteiger partial charge < -0.3 is 15.3 Å². The van der Waals surface area contributed by atoms with Gasteiger partial charge in [-0.2, -0.15) is 0 Å².